The molecule has 2 N–H and O–H groups in total. The number of benzene rings is 1. The van der Waals surface area contributed by atoms with Crippen LogP contribution in [-0.4, -0.2) is 16.0 Å². The van der Waals surface area contributed by atoms with Crippen LogP contribution in [0.25, 0.3) is 11.3 Å². The van der Waals surface area contributed by atoms with Crippen molar-refractivity contribution in [1.82, 2.24) is 15.3 Å². The van der Waals surface area contributed by atoms with Gasteiger partial charge in [-0.3, -0.25) is 0 Å². The molecule has 0 aliphatic heterocycles. The molecule has 17 heavy (non-hydrogen) atoms. The van der Waals surface area contributed by atoms with Crippen LogP contribution in [0.5, 0.6) is 0 Å². The lowest BCUT2D eigenvalue weighted by Crippen LogP contribution is -2.22. The third-order valence-electron chi connectivity index (χ3n) is 2.46. The third-order valence-corrected chi connectivity index (χ3v) is 3.18. The molecule has 0 saturated heterocycles. The number of imidazole rings is 1. The number of hydrogen-bond acceptors (Lipinski definition) is 2. The maximum Gasteiger partial charge on any atom is 0.120 e. The molecule has 0 unspecified atom stereocenters. The highest BCUT2D eigenvalue weighted by molar-refractivity contribution is 14.1. The average molecular weight is 341 g/mol. The highest BCUT2D eigenvalue weighted by Gasteiger charge is 2.03. The lowest BCUT2D eigenvalue weighted by molar-refractivity contribution is 0.575. The molecular weight excluding hydrogens is 325 g/mol. The molecule has 0 aliphatic rings. The van der Waals surface area contributed by atoms with Crippen LogP contribution in [0.15, 0.2) is 30.5 Å². The van der Waals surface area contributed by atoms with E-state index in [9.17, 15) is 0 Å². The maximum atomic E-state index is 4.37. The highest BCUT2D eigenvalue weighted by atomic mass is 127. The van der Waals surface area contributed by atoms with Crippen molar-refractivity contribution in [2.75, 3.05) is 0 Å². The quantitative estimate of drug-likeness (QED) is 0.839. The largest absolute Gasteiger partial charge is 0.341 e. The van der Waals surface area contributed by atoms with Crippen molar-refractivity contribution in [2.24, 2.45) is 0 Å². The SMILES string of the molecule is CC(C)NCc1ncc(-c2ccc(I)cc2)[nH]1. The maximum absolute atomic E-state index is 4.37. The topological polar surface area (TPSA) is 40.7 Å². The Morgan fingerprint density at radius 1 is 1.29 bits per heavy atom. The summed E-state index contributed by atoms with van der Waals surface area (Å²) in [6.07, 6.45) is 1.89. The predicted molar refractivity (Wildman–Crippen MR) is 78.7 cm³/mol. The van der Waals surface area contributed by atoms with Crippen LogP contribution in [0.3, 0.4) is 0 Å². The van der Waals surface area contributed by atoms with E-state index in [1.165, 1.54) is 9.13 Å². The fourth-order valence-corrected chi connectivity index (χ4v) is 1.89. The minimum atomic E-state index is 0.474. The number of H-pyrrole nitrogens is 1. The number of nitrogens with zero attached hydrogens (tertiary/aromatic N) is 1. The average Bonchev–Trinajstić information content (AvgIpc) is 2.76. The summed E-state index contributed by atoms with van der Waals surface area (Å²) in [5.74, 6) is 0.979. The standard InChI is InChI=1S/C13H16IN3/c1-9(2)15-8-13-16-7-12(17-13)10-3-5-11(14)6-4-10/h3-7,9,15H,8H2,1-2H3,(H,16,17). The Bertz CT molecular complexity index is 474. The summed E-state index contributed by atoms with van der Waals surface area (Å²) >= 11 is 2.31. The number of halogens is 1. The Morgan fingerprint density at radius 3 is 2.65 bits per heavy atom. The first kappa shape index (κ1) is 12.6. The van der Waals surface area contributed by atoms with E-state index in [4.69, 9.17) is 0 Å². The van der Waals surface area contributed by atoms with Gasteiger partial charge in [-0.25, -0.2) is 4.98 Å². The summed E-state index contributed by atoms with van der Waals surface area (Å²) < 4.78 is 1.24. The normalized spacial score (nSPS) is 11.1. The minimum Gasteiger partial charge on any atom is -0.341 e. The van der Waals surface area contributed by atoms with Gasteiger partial charge in [-0.15, -0.1) is 0 Å². The molecule has 0 amide bonds. The van der Waals surface area contributed by atoms with E-state index < -0.39 is 0 Å². The van der Waals surface area contributed by atoms with E-state index in [2.05, 4.69) is 76.0 Å². The van der Waals surface area contributed by atoms with Gasteiger partial charge < -0.3 is 10.3 Å². The smallest absolute Gasteiger partial charge is 0.120 e. The van der Waals surface area contributed by atoms with E-state index >= 15 is 0 Å². The van der Waals surface area contributed by atoms with Gasteiger partial charge in [-0.1, -0.05) is 26.0 Å². The van der Waals surface area contributed by atoms with Crippen molar-refractivity contribution >= 4 is 22.6 Å². The zero-order chi connectivity index (χ0) is 12.3. The van der Waals surface area contributed by atoms with Gasteiger partial charge in [0.25, 0.3) is 0 Å². The molecule has 0 fully saturated rings. The predicted octanol–water partition coefficient (Wildman–Crippen LogP) is 3.18. The highest BCUT2D eigenvalue weighted by Crippen LogP contribution is 2.18. The van der Waals surface area contributed by atoms with Crippen LogP contribution in [0, 0.1) is 3.57 Å². The van der Waals surface area contributed by atoms with Gasteiger partial charge in [-0.2, -0.15) is 0 Å². The third kappa shape index (κ3) is 3.54. The lowest BCUT2D eigenvalue weighted by atomic mass is 10.2. The van der Waals surface area contributed by atoms with Crippen LogP contribution < -0.4 is 5.32 Å². The van der Waals surface area contributed by atoms with Gasteiger partial charge in [0.1, 0.15) is 5.82 Å². The Kier molecular flexibility index (Phi) is 4.17. The Labute approximate surface area is 115 Å². The summed E-state index contributed by atoms with van der Waals surface area (Å²) in [6, 6.07) is 8.89. The fourth-order valence-electron chi connectivity index (χ4n) is 1.53. The van der Waals surface area contributed by atoms with E-state index in [1.54, 1.807) is 0 Å². The number of rotatable bonds is 4. The monoisotopic (exact) mass is 341 g/mol. The van der Waals surface area contributed by atoms with Crippen molar-refractivity contribution in [1.29, 1.82) is 0 Å². The summed E-state index contributed by atoms with van der Waals surface area (Å²) in [5, 5.41) is 3.34. The molecule has 0 bridgehead atoms. The zero-order valence-electron chi connectivity index (χ0n) is 10.00. The molecule has 4 heteroatoms. The molecule has 3 nitrogen and oxygen atoms in total. The molecule has 2 rings (SSSR count). The summed E-state index contributed by atoms with van der Waals surface area (Å²) in [5.41, 5.74) is 2.25. The number of aromatic nitrogens is 2. The molecule has 0 radical (unpaired) electrons. The van der Waals surface area contributed by atoms with Gasteiger partial charge in [0.2, 0.25) is 0 Å². The van der Waals surface area contributed by atoms with Crippen LogP contribution in [-0.2, 0) is 6.54 Å². The van der Waals surface area contributed by atoms with Gasteiger partial charge >= 0.3 is 0 Å². The van der Waals surface area contributed by atoms with Crippen LogP contribution in [0.1, 0.15) is 19.7 Å². The second kappa shape index (κ2) is 5.64. The Balaban J connectivity index is 2.10. The van der Waals surface area contributed by atoms with E-state index in [0.29, 0.717) is 6.04 Å². The van der Waals surface area contributed by atoms with Gasteiger partial charge in [0, 0.05) is 9.61 Å². The fraction of sp³-hybridized carbons (Fsp3) is 0.308. The van der Waals surface area contributed by atoms with E-state index in [0.717, 1.165) is 18.1 Å². The second-order valence-corrected chi connectivity index (χ2v) is 5.53. The van der Waals surface area contributed by atoms with Gasteiger partial charge in [0.15, 0.2) is 0 Å². The minimum absolute atomic E-state index is 0.474. The molecular formula is C13H16IN3. The molecule has 1 aromatic heterocycles. The van der Waals surface area contributed by atoms with Crippen molar-refractivity contribution in [3.63, 3.8) is 0 Å². The molecule has 0 spiro atoms. The van der Waals surface area contributed by atoms with E-state index in [-0.39, 0.29) is 0 Å². The number of hydrogen-bond donors (Lipinski definition) is 2. The molecule has 0 atom stereocenters. The van der Waals surface area contributed by atoms with Crippen molar-refractivity contribution in [2.45, 2.75) is 26.4 Å². The van der Waals surface area contributed by atoms with Gasteiger partial charge in [0.05, 0.1) is 18.4 Å². The first-order chi connectivity index (χ1) is 8.15. The molecule has 1 aromatic carbocycles. The summed E-state index contributed by atoms with van der Waals surface area (Å²) in [4.78, 5) is 7.70. The number of aromatic amines is 1. The molecule has 1 heterocycles. The Hall–Kier alpha value is -0.880. The van der Waals surface area contributed by atoms with Crippen molar-refractivity contribution in [3.05, 3.63) is 39.9 Å². The zero-order valence-corrected chi connectivity index (χ0v) is 12.2. The molecule has 90 valence electrons. The second-order valence-electron chi connectivity index (χ2n) is 4.29. The summed E-state index contributed by atoms with van der Waals surface area (Å²) in [6.45, 7) is 5.04. The molecule has 0 saturated carbocycles. The van der Waals surface area contributed by atoms with Crippen molar-refractivity contribution in [3.8, 4) is 11.3 Å². The lowest BCUT2D eigenvalue weighted by Gasteiger charge is -2.05. The van der Waals surface area contributed by atoms with Gasteiger partial charge in [-0.05, 0) is 40.3 Å². The van der Waals surface area contributed by atoms with Crippen molar-refractivity contribution < 1.29 is 0 Å². The van der Waals surface area contributed by atoms with Crippen LogP contribution >= 0.6 is 22.6 Å². The summed E-state index contributed by atoms with van der Waals surface area (Å²) in [7, 11) is 0. The van der Waals surface area contributed by atoms with E-state index in [1.807, 2.05) is 6.20 Å². The molecule has 2 aromatic rings. The Morgan fingerprint density at radius 2 is 2.00 bits per heavy atom. The first-order valence-corrected chi connectivity index (χ1v) is 6.76. The molecule has 0 aliphatic carbocycles. The van der Waals surface area contributed by atoms with Crippen LogP contribution in [0.4, 0.5) is 0 Å². The number of nitrogens with one attached hydrogen (secondary N) is 2. The van der Waals surface area contributed by atoms with Crippen LogP contribution in [0.2, 0.25) is 0 Å². The first-order valence-electron chi connectivity index (χ1n) is 5.68.